The first-order valence-electron chi connectivity index (χ1n) is 6.93. The van der Waals surface area contributed by atoms with Gasteiger partial charge in [0, 0.05) is 5.56 Å². The van der Waals surface area contributed by atoms with Crippen molar-refractivity contribution in [2.75, 3.05) is 0 Å². The second-order valence-corrected chi connectivity index (χ2v) is 6.18. The number of phenols is 1. The molecule has 0 fully saturated rings. The number of hydrogen-bond acceptors (Lipinski definition) is 3. The summed E-state index contributed by atoms with van der Waals surface area (Å²) in [5, 5.41) is 15.2. The molecule has 2 rings (SSSR count). The Hall–Kier alpha value is -2.08. The van der Waals surface area contributed by atoms with E-state index in [1.807, 2.05) is 12.1 Å². The Morgan fingerprint density at radius 3 is 2.62 bits per heavy atom. The fourth-order valence-electron chi connectivity index (χ4n) is 2.14. The third-order valence-electron chi connectivity index (χ3n) is 3.21. The minimum Gasteiger partial charge on any atom is -0.507 e. The highest BCUT2D eigenvalue weighted by Crippen LogP contribution is 2.33. The van der Waals surface area contributed by atoms with E-state index < -0.39 is 0 Å². The van der Waals surface area contributed by atoms with Gasteiger partial charge in [-0.3, -0.25) is 5.43 Å². The molecule has 0 aliphatic rings. The van der Waals surface area contributed by atoms with Gasteiger partial charge in [0.05, 0.1) is 16.3 Å². The molecule has 0 bridgehead atoms. The number of rotatable bonds is 5. The summed E-state index contributed by atoms with van der Waals surface area (Å²) in [5.41, 5.74) is 10.7. The molecule has 0 unspecified atom stereocenters. The van der Waals surface area contributed by atoms with Crippen LogP contribution >= 0.6 is 35.4 Å². The van der Waals surface area contributed by atoms with Crippen molar-refractivity contribution in [2.45, 2.75) is 6.42 Å². The maximum absolute atomic E-state index is 10.4. The van der Waals surface area contributed by atoms with Gasteiger partial charge in [-0.15, -0.1) is 6.58 Å². The van der Waals surface area contributed by atoms with Crippen LogP contribution in [-0.2, 0) is 6.42 Å². The number of thiocarbonyl (C=S) groups is 1. The number of hydrogen-bond donors (Lipinski definition) is 3. The summed E-state index contributed by atoms with van der Waals surface area (Å²) in [6.45, 7) is 3.71. The Labute approximate surface area is 155 Å². The Morgan fingerprint density at radius 2 is 2.00 bits per heavy atom. The van der Waals surface area contributed by atoms with Crippen LogP contribution in [0, 0.1) is 0 Å². The van der Waals surface area contributed by atoms with Crippen molar-refractivity contribution in [3.63, 3.8) is 0 Å². The second-order valence-electron chi connectivity index (χ2n) is 4.93. The normalized spacial score (nSPS) is 10.8. The molecule has 4 nitrogen and oxygen atoms in total. The van der Waals surface area contributed by atoms with E-state index in [0.717, 1.165) is 11.1 Å². The minimum atomic E-state index is 0.0395. The molecule has 7 heteroatoms. The average Bonchev–Trinajstić information content (AvgIpc) is 2.53. The maximum atomic E-state index is 10.4. The van der Waals surface area contributed by atoms with Crippen LogP contribution in [0.1, 0.15) is 11.1 Å². The predicted octanol–water partition coefficient (Wildman–Crippen LogP) is 4.26. The zero-order valence-corrected chi connectivity index (χ0v) is 14.9. The number of allylic oxidation sites excluding steroid dienone is 1. The van der Waals surface area contributed by atoms with Crippen molar-refractivity contribution >= 4 is 46.7 Å². The summed E-state index contributed by atoms with van der Waals surface area (Å²) in [6.07, 6.45) is 3.66. The molecular formula is C17H15Cl2N3OS. The van der Waals surface area contributed by atoms with E-state index in [4.69, 9.17) is 41.2 Å². The van der Waals surface area contributed by atoms with Crippen LogP contribution < -0.4 is 11.2 Å². The van der Waals surface area contributed by atoms with E-state index in [1.165, 1.54) is 6.21 Å². The number of nitrogens with two attached hydrogens (primary N) is 1. The highest BCUT2D eigenvalue weighted by molar-refractivity contribution is 7.80. The van der Waals surface area contributed by atoms with Crippen LogP contribution in [0.2, 0.25) is 10.0 Å². The van der Waals surface area contributed by atoms with Gasteiger partial charge in [0.2, 0.25) is 0 Å². The summed E-state index contributed by atoms with van der Waals surface area (Å²) in [7, 11) is 0. The fourth-order valence-corrected chi connectivity index (χ4v) is 2.49. The number of nitrogens with one attached hydrogen (secondary N) is 1. The molecule has 0 saturated carbocycles. The average molecular weight is 380 g/mol. The van der Waals surface area contributed by atoms with E-state index in [9.17, 15) is 5.11 Å². The lowest BCUT2D eigenvalue weighted by Crippen LogP contribution is -2.24. The van der Waals surface area contributed by atoms with Crippen LogP contribution in [0.25, 0.3) is 11.1 Å². The van der Waals surface area contributed by atoms with Crippen LogP contribution in [0.5, 0.6) is 5.75 Å². The third-order valence-corrected chi connectivity index (χ3v) is 4.04. The first-order chi connectivity index (χ1) is 11.4. The van der Waals surface area contributed by atoms with E-state index in [1.54, 1.807) is 24.3 Å². The molecule has 4 N–H and O–H groups in total. The molecule has 2 aromatic rings. The van der Waals surface area contributed by atoms with Crippen molar-refractivity contribution in [3.05, 3.63) is 64.2 Å². The van der Waals surface area contributed by atoms with E-state index in [2.05, 4.69) is 17.1 Å². The number of halogens is 2. The lowest BCUT2D eigenvalue weighted by molar-refractivity contribution is 0.469. The van der Waals surface area contributed by atoms with E-state index >= 15 is 0 Å². The van der Waals surface area contributed by atoms with Gasteiger partial charge in [0.25, 0.3) is 0 Å². The van der Waals surface area contributed by atoms with Crippen molar-refractivity contribution in [2.24, 2.45) is 10.8 Å². The van der Waals surface area contributed by atoms with Crippen LogP contribution in [0.4, 0.5) is 0 Å². The van der Waals surface area contributed by atoms with Crippen LogP contribution in [-0.4, -0.2) is 16.4 Å². The molecule has 0 radical (unpaired) electrons. The van der Waals surface area contributed by atoms with Gasteiger partial charge in [-0.25, -0.2) is 0 Å². The van der Waals surface area contributed by atoms with Crippen molar-refractivity contribution in [3.8, 4) is 16.9 Å². The predicted molar refractivity (Wildman–Crippen MR) is 105 cm³/mol. The lowest BCUT2D eigenvalue weighted by Gasteiger charge is -2.11. The summed E-state index contributed by atoms with van der Waals surface area (Å²) in [5.74, 6) is 0.118. The fraction of sp³-hybridized carbons (Fsp3) is 0.0588. The summed E-state index contributed by atoms with van der Waals surface area (Å²) in [4.78, 5) is 0. The largest absolute Gasteiger partial charge is 0.507 e. The highest BCUT2D eigenvalue weighted by Gasteiger charge is 2.10. The van der Waals surface area contributed by atoms with Crippen molar-refractivity contribution in [1.29, 1.82) is 0 Å². The number of nitrogens with zero attached hydrogens (tertiary/aromatic N) is 1. The number of hydrazone groups is 1. The monoisotopic (exact) mass is 379 g/mol. The van der Waals surface area contributed by atoms with Gasteiger partial charge in [-0.1, -0.05) is 35.3 Å². The molecule has 0 spiro atoms. The summed E-state index contributed by atoms with van der Waals surface area (Å²) < 4.78 is 0. The molecule has 0 aliphatic carbocycles. The Kier molecular flexibility index (Phi) is 6.20. The zero-order valence-electron chi connectivity index (χ0n) is 12.6. The minimum absolute atomic E-state index is 0.0395. The van der Waals surface area contributed by atoms with Gasteiger partial charge >= 0.3 is 0 Å². The molecule has 0 aromatic heterocycles. The van der Waals surface area contributed by atoms with E-state index in [-0.39, 0.29) is 10.9 Å². The molecule has 124 valence electrons. The molecular weight excluding hydrogens is 365 g/mol. The van der Waals surface area contributed by atoms with Crippen molar-refractivity contribution < 1.29 is 5.11 Å². The summed E-state index contributed by atoms with van der Waals surface area (Å²) in [6, 6.07) is 9.00. The summed E-state index contributed by atoms with van der Waals surface area (Å²) >= 11 is 16.7. The molecule has 0 aliphatic heterocycles. The van der Waals surface area contributed by atoms with Gasteiger partial charge < -0.3 is 10.8 Å². The number of aromatic hydroxyl groups is 1. The smallest absolute Gasteiger partial charge is 0.184 e. The van der Waals surface area contributed by atoms with Crippen molar-refractivity contribution in [1.82, 2.24) is 5.43 Å². The molecule has 0 amide bonds. The Morgan fingerprint density at radius 1 is 1.25 bits per heavy atom. The van der Waals surface area contributed by atoms with E-state index in [0.29, 0.717) is 27.6 Å². The zero-order chi connectivity index (χ0) is 17.7. The molecule has 2 aromatic carbocycles. The molecule has 0 saturated heterocycles. The van der Waals surface area contributed by atoms with Gasteiger partial charge in [-0.2, -0.15) is 5.10 Å². The Balaban J connectivity index is 2.52. The highest BCUT2D eigenvalue weighted by atomic mass is 35.5. The number of phenolic OH excluding ortho intramolecular Hbond substituents is 1. The standard InChI is InChI=1S/C17H15Cl2N3OS/c1-2-3-11-6-12(10-4-5-14(18)15(19)8-10)7-13(16(11)23)9-21-22-17(20)24/h2,4-9,23H,1,3H2,(H3,20,22,24)/b21-9+. The molecule has 0 atom stereocenters. The topological polar surface area (TPSA) is 70.6 Å². The Bertz CT molecular complexity index is 822. The van der Waals surface area contributed by atoms with Crippen LogP contribution in [0.15, 0.2) is 48.1 Å². The first-order valence-corrected chi connectivity index (χ1v) is 8.09. The van der Waals surface area contributed by atoms with Gasteiger partial charge in [0.15, 0.2) is 5.11 Å². The van der Waals surface area contributed by atoms with Gasteiger partial charge in [-0.05, 0) is 59.6 Å². The third kappa shape index (κ3) is 4.47. The first kappa shape index (κ1) is 18.3. The van der Waals surface area contributed by atoms with Crippen LogP contribution in [0.3, 0.4) is 0 Å². The SMILES string of the molecule is C=CCc1cc(-c2ccc(Cl)c(Cl)c2)cc(/C=N/NC(N)=S)c1O. The molecule has 24 heavy (non-hydrogen) atoms. The second kappa shape index (κ2) is 8.15. The van der Waals surface area contributed by atoms with Gasteiger partial charge in [0.1, 0.15) is 5.75 Å². The quantitative estimate of drug-likeness (QED) is 0.314. The number of benzene rings is 2. The maximum Gasteiger partial charge on any atom is 0.184 e. The lowest BCUT2D eigenvalue weighted by atomic mass is 9.97. The molecule has 0 heterocycles.